The van der Waals surface area contributed by atoms with Gasteiger partial charge >= 0.3 is 0 Å². The van der Waals surface area contributed by atoms with Crippen molar-refractivity contribution in [1.82, 2.24) is 10.6 Å². The monoisotopic (exact) mass is 342 g/mol. The summed E-state index contributed by atoms with van der Waals surface area (Å²) in [5, 5.41) is 5.83. The summed E-state index contributed by atoms with van der Waals surface area (Å²) in [6.45, 7) is 1.28. The minimum atomic E-state index is -0.0542. The summed E-state index contributed by atoms with van der Waals surface area (Å²) in [5.74, 6) is -0.108. The van der Waals surface area contributed by atoms with Crippen LogP contribution in [-0.2, 0) is 14.1 Å². The van der Waals surface area contributed by atoms with Crippen molar-refractivity contribution < 1.29 is 18.7 Å². The van der Waals surface area contributed by atoms with E-state index in [1.807, 2.05) is 47.8 Å². The first-order chi connectivity index (χ1) is 12.1. The van der Waals surface area contributed by atoms with Crippen molar-refractivity contribution in [2.45, 2.75) is 19.3 Å². The molecule has 2 N–H and O–H groups in total. The maximum Gasteiger partial charge on any atom is 0.257 e. The predicted molar refractivity (Wildman–Crippen MR) is 93.8 cm³/mol. The number of rotatable bonds is 8. The lowest BCUT2D eigenvalue weighted by Crippen LogP contribution is -2.32. The van der Waals surface area contributed by atoms with E-state index >= 15 is 0 Å². The molecule has 0 saturated heterocycles. The lowest BCUT2D eigenvalue weighted by Gasteiger charge is -2.06. The first kappa shape index (κ1) is 18.6. The van der Waals surface area contributed by atoms with Crippen molar-refractivity contribution in [3.63, 3.8) is 0 Å². The Bertz CT molecular complexity index is 669. The maximum atomic E-state index is 12.0. The van der Waals surface area contributed by atoms with Crippen molar-refractivity contribution in [2.24, 2.45) is 14.1 Å². The van der Waals surface area contributed by atoms with E-state index in [2.05, 4.69) is 10.6 Å². The van der Waals surface area contributed by atoms with Gasteiger partial charge in [0.05, 0.1) is 0 Å². The Morgan fingerprint density at radius 1 is 0.800 bits per heavy atom. The van der Waals surface area contributed by atoms with Crippen LogP contribution in [0.2, 0.25) is 0 Å². The summed E-state index contributed by atoms with van der Waals surface area (Å²) >= 11 is 0. The third kappa shape index (κ3) is 6.33. The standard InChI is InChI=1S/C19H24N4O2/c1-22-12-6-8-16(14-22)18(24)20-10-4-3-5-11-21-19(25)17-9-7-13-23(2)15-17/h6-9,12-15H,3-5,10-11H2,1-2H3/p+2. The van der Waals surface area contributed by atoms with Gasteiger partial charge < -0.3 is 10.6 Å². The largest absolute Gasteiger partial charge is 0.352 e. The number of pyridine rings is 2. The molecule has 2 heterocycles. The van der Waals surface area contributed by atoms with E-state index < -0.39 is 0 Å². The van der Waals surface area contributed by atoms with Crippen LogP contribution in [0, 0.1) is 0 Å². The number of hydrogen-bond donors (Lipinski definition) is 2. The van der Waals surface area contributed by atoms with Gasteiger partial charge in [-0.2, -0.15) is 0 Å². The zero-order valence-electron chi connectivity index (χ0n) is 14.9. The third-order valence-corrected chi connectivity index (χ3v) is 3.83. The first-order valence-electron chi connectivity index (χ1n) is 8.53. The van der Waals surface area contributed by atoms with Crippen molar-refractivity contribution in [2.75, 3.05) is 13.1 Å². The number of nitrogens with zero attached hydrogens (tertiary/aromatic N) is 2. The molecule has 0 spiro atoms. The lowest BCUT2D eigenvalue weighted by molar-refractivity contribution is -0.671. The van der Waals surface area contributed by atoms with Gasteiger partial charge in [-0.25, -0.2) is 9.13 Å². The van der Waals surface area contributed by atoms with Crippen LogP contribution in [0.5, 0.6) is 0 Å². The molecule has 0 bridgehead atoms. The van der Waals surface area contributed by atoms with Crippen LogP contribution in [0.1, 0.15) is 40.0 Å². The van der Waals surface area contributed by atoms with Gasteiger partial charge in [-0.15, -0.1) is 0 Å². The van der Waals surface area contributed by atoms with Crippen molar-refractivity contribution >= 4 is 11.8 Å². The molecular weight excluding hydrogens is 316 g/mol. The highest BCUT2D eigenvalue weighted by atomic mass is 16.2. The molecule has 0 atom stereocenters. The van der Waals surface area contributed by atoms with Gasteiger partial charge in [0.25, 0.3) is 11.8 Å². The highest BCUT2D eigenvalue weighted by molar-refractivity contribution is 5.94. The summed E-state index contributed by atoms with van der Waals surface area (Å²) in [6, 6.07) is 7.30. The van der Waals surface area contributed by atoms with Gasteiger partial charge in [-0.3, -0.25) is 9.59 Å². The fraction of sp³-hybridized carbons (Fsp3) is 0.368. The van der Waals surface area contributed by atoms with Crippen LogP contribution in [0.4, 0.5) is 0 Å². The quantitative estimate of drug-likeness (QED) is 0.547. The smallest absolute Gasteiger partial charge is 0.257 e. The van der Waals surface area contributed by atoms with Crippen LogP contribution in [0.15, 0.2) is 49.1 Å². The van der Waals surface area contributed by atoms with Gasteiger partial charge in [0.1, 0.15) is 25.2 Å². The van der Waals surface area contributed by atoms with E-state index in [9.17, 15) is 9.59 Å². The Kier molecular flexibility index (Phi) is 7.07. The first-order valence-corrected chi connectivity index (χ1v) is 8.53. The Morgan fingerprint density at radius 2 is 1.24 bits per heavy atom. The van der Waals surface area contributed by atoms with Crippen LogP contribution in [-0.4, -0.2) is 24.9 Å². The summed E-state index contributed by atoms with van der Waals surface area (Å²) in [7, 11) is 3.78. The molecule has 0 aliphatic heterocycles. The van der Waals surface area contributed by atoms with E-state index in [4.69, 9.17) is 0 Å². The molecule has 2 rings (SSSR count). The Labute approximate surface area is 148 Å². The average molecular weight is 342 g/mol. The molecule has 0 aromatic carbocycles. The van der Waals surface area contributed by atoms with Gasteiger partial charge in [-0.1, -0.05) is 0 Å². The molecular formula is C19H26N4O2+2. The Balaban J connectivity index is 1.58. The Hall–Kier alpha value is -2.76. The average Bonchev–Trinajstić information content (AvgIpc) is 2.60. The topological polar surface area (TPSA) is 66.0 Å². The second-order valence-corrected chi connectivity index (χ2v) is 6.09. The number of amides is 2. The summed E-state index contributed by atoms with van der Waals surface area (Å²) in [4.78, 5) is 24.0. The van der Waals surface area contributed by atoms with E-state index in [1.54, 1.807) is 24.5 Å². The summed E-state index contributed by atoms with van der Waals surface area (Å²) < 4.78 is 3.70. The van der Waals surface area contributed by atoms with Crippen LogP contribution < -0.4 is 19.8 Å². The zero-order valence-corrected chi connectivity index (χ0v) is 14.9. The molecule has 6 nitrogen and oxygen atoms in total. The van der Waals surface area contributed by atoms with Crippen LogP contribution in [0.25, 0.3) is 0 Å². The zero-order chi connectivity index (χ0) is 18.1. The highest BCUT2D eigenvalue weighted by Crippen LogP contribution is 1.98. The van der Waals surface area contributed by atoms with E-state index in [0.29, 0.717) is 24.2 Å². The molecule has 0 aliphatic rings. The second kappa shape index (κ2) is 9.52. The molecule has 6 heteroatoms. The van der Waals surface area contributed by atoms with Crippen molar-refractivity contribution in [1.29, 1.82) is 0 Å². The van der Waals surface area contributed by atoms with E-state index in [1.165, 1.54) is 0 Å². The summed E-state index contributed by atoms with van der Waals surface area (Å²) in [6.07, 6.45) is 10.1. The second-order valence-electron chi connectivity index (χ2n) is 6.09. The van der Waals surface area contributed by atoms with Gasteiger partial charge in [0, 0.05) is 25.2 Å². The van der Waals surface area contributed by atoms with Crippen LogP contribution in [0.3, 0.4) is 0 Å². The van der Waals surface area contributed by atoms with Crippen LogP contribution >= 0.6 is 0 Å². The number of aromatic nitrogens is 2. The highest BCUT2D eigenvalue weighted by Gasteiger charge is 2.09. The van der Waals surface area contributed by atoms with Gasteiger partial charge in [0.15, 0.2) is 24.8 Å². The number of carbonyl (C=O) groups is 2. The lowest BCUT2D eigenvalue weighted by atomic mass is 10.2. The van der Waals surface area contributed by atoms with Gasteiger partial charge in [-0.05, 0) is 31.4 Å². The summed E-state index contributed by atoms with van der Waals surface area (Å²) in [5.41, 5.74) is 1.32. The van der Waals surface area contributed by atoms with Crippen molar-refractivity contribution in [3.8, 4) is 0 Å². The fourth-order valence-electron chi connectivity index (χ4n) is 2.48. The molecule has 0 saturated carbocycles. The number of nitrogens with one attached hydrogen (secondary N) is 2. The molecule has 25 heavy (non-hydrogen) atoms. The number of aryl methyl sites for hydroxylation is 2. The molecule has 132 valence electrons. The molecule has 2 aromatic heterocycles. The fourth-order valence-corrected chi connectivity index (χ4v) is 2.48. The maximum absolute atomic E-state index is 12.0. The molecule has 0 unspecified atom stereocenters. The molecule has 0 aliphatic carbocycles. The van der Waals surface area contributed by atoms with E-state index in [0.717, 1.165) is 19.3 Å². The molecule has 0 fully saturated rings. The van der Waals surface area contributed by atoms with Gasteiger partial charge in [0.2, 0.25) is 0 Å². The molecule has 2 amide bonds. The number of carbonyl (C=O) groups excluding carboxylic acids is 2. The number of hydrogen-bond acceptors (Lipinski definition) is 2. The third-order valence-electron chi connectivity index (χ3n) is 3.83. The number of unbranched alkanes of at least 4 members (excludes halogenated alkanes) is 2. The van der Waals surface area contributed by atoms with E-state index in [-0.39, 0.29) is 11.8 Å². The normalized spacial score (nSPS) is 10.3. The SMILES string of the molecule is C[n+]1cccc(C(=O)NCCCCCNC(=O)c2ccc[n+](C)c2)c1. The molecule has 2 aromatic rings. The van der Waals surface area contributed by atoms with Crippen molar-refractivity contribution in [3.05, 3.63) is 60.2 Å². The minimum absolute atomic E-state index is 0.0542. The predicted octanol–water partition coefficient (Wildman–Crippen LogP) is 0.666. The minimum Gasteiger partial charge on any atom is -0.352 e. The Morgan fingerprint density at radius 3 is 1.64 bits per heavy atom. The molecule has 0 radical (unpaired) electrons.